The van der Waals surface area contributed by atoms with Crippen LogP contribution in [0.25, 0.3) is 0 Å². The number of carbonyl (C=O) groups excluding carboxylic acids is 1. The predicted molar refractivity (Wildman–Crippen MR) is 118 cm³/mol. The lowest BCUT2D eigenvalue weighted by molar-refractivity contribution is -0.137. The molecular formula is C19H16Br2ClF3N4O2. The zero-order valence-corrected chi connectivity index (χ0v) is 19.7. The van der Waals surface area contributed by atoms with E-state index in [1.165, 1.54) is 6.21 Å². The monoisotopic (exact) mass is 582 g/mol. The molecule has 2 aromatic rings. The van der Waals surface area contributed by atoms with E-state index in [1.807, 2.05) is 0 Å². The van der Waals surface area contributed by atoms with E-state index < -0.39 is 11.7 Å². The standard InChI is InChI=1S/C19H16Br2ClF3N4O2/c20-13-5-10(6-14(21)16(13)30)8-27-28-18(31)11-1-3-29(4-2-11)17-15(22)7-12(9-26-17)19(23,24)25/h5-9,11,30H,1-4H2,(H,28,31). The first-order valence-corrected chi connectivity index (χ1v) is 11.0. The fraction of sp³-hybridized carbons (Fsp3) is 0.316. The van der Waals surface area contributed by atoms with Crippen LogP contribution in [0.3, 0.4) is 0 Å². The molecule has 0 unspecified atom stereocenters. The number of phenolic OH excluding ortho intramolecular Hbond substituents is 1. The van der Waals surface area contributed by atoms with Crippen LogP contribution in [-0.2, 0) is 11.0 Å². The number of aromatic hydroxyl groups is 1. The number of anilines is 1. The molecule has 1 aliphatic heterocycles. The molecule has 2 heterocycles. The van der Waals surface area contributed by atoms with E-state index in [0.717, 1.165) is 12.3 Å². The highest BCUT2D eigenvalue weighted by Gasteiger charge is 2.33. The van der Waals surface area contributed by atoms with Crippen molar-refractivity contribution < 1.29 is 23.1 Å². The van der Waals surface area contributed by atoms with Crippen molar-refractivity contribution in [3.63, 3.8) is 0 Å². The smallest absolute Gasteiger partial charge is 0.417 e. The van der Waals surface area contributed by atoms with Gasteiger partial charge in [-0.15, -0.1) is 0 Å². The Balaban J connectivity index is 1.55. The number of hydrogen-bond donors (Lipinski definition) is 2. The summed E-state index contributed by atoms with van der Waals surface area (Å²) in [6.07, 6.45) is -1.33. The fourth-order valence-corrected chi connectivity index (χ4v) is 4.60. The molecule has 0 spiro atoms. The first kappa shape index (κ1) is 23.8. The second kappa shape index (κ2) is 9.74. The number of rotatable bonds is 4. The van der Waals surface area contributed by atoms with Crippen LogP contribution < -0.4 is 10.3 Å². The Morgan fingerprint density at radius 3 is 2.42 bits per heavy atom. The molecule has 3 rings (SSSR count). The third-order valence-corrected chi connectivity index (χ3v) is 6.23. The average molecular weight is 585 g/mol. The minimum atomic E-state index is -4.51. The lowest BCUT2D eigenvalue weighted by Crippen LogP contribution is -2.39. The highest BCUT2D eigenvalue weighted by molar-refractivity contribution is 9.11. The van der Waals surface area contributed by atoms with E-state index in [2.05, 4.69) is 47.4 Å². The number of amides is 1. The number of alkyl halides is 3. The van der Waals surface area contributed by atoms with Crippen molar-refractivity contribution in [1.82, 2.24) is 10.4 Å². The summed E-state index contributed by atoms with van der Waals surface area (Å²) in [6.45, 7) is 0.857. The van der Waals surface area contributed by atoms with Gasteiger partial charge in [0, 0.05) is 25.2 Å². The van der Waals surface area contributed by atoms with Crippen LogP contribution in [0.15, 0.2) is 38.4 Å². The van der Waals surface area contributed by atoms with Gasteiger partial charge >= 0.3 is 6.18 Å². The molecule has 0 radical (unpaired) electrons. The molecule has 0 aliphatic carbocycles. The molecule has 0 atom stereocenters. The van der Waals surface area contributed by atoms with E-state index in [0.29, 0.717) is 40.4 Å². The van der Waals surface area contributed by atoms with Crippen molar-refractivity contribution in [3.8, 4) is 5.75 Å². The number of nitrogens with one attached hydrogen (secondary N) is 1. The van der Waals surface area contributed by atoms with Gasteiger partial charge in [-0.25, -0.2) is 10.4 Å². The second-order valence-corrected chi connectivity index (χ2v) is 8.97. The first-order chi connectivity index (χ1) is 14.6. The van der Waals surface area contributed by atoms with Crippen molar-refractivity contribution in [3.05, 3.63) is 49.5 Å². The Labute approximate surface area is 197 Å². The summed E-state index contributed by atoms with van der Waals surface area (Å²) < 4.78 is 39.3. The van der Waals surface area contributed by atoms with Gasteiger partial charge < -0.3 is 10.0 Å². The summed E-state index contributed by atoms with van der Waals surface area (Å²) >= 11 is 12.4. The minimum absolute atomic E-state index is 0.0654. The molecular weight excluding hydrogens is 568 g/mol. The van der Waals surface area contributed by atoms with Crippen molar-refractivity contribution in [2.75, 3.05) is 18.0 Å². The fourth-order valence-electron chi connectivity index (χ4n) is 3.09. The molecule has 166 valence electrons. The second-order valence-electron chi connectivity index (χ2n) is 6.86. The van der Waals surface area contributed by atoms with Crippen LogP contribution in [0.1, 0.15) is 24.0 Å². The van der Waals surface area contributed by atoms with Gasteiger partial charge in [-0.2, -0.15) is 18.3 Å². The maximum absolute atomic E-state index is 12.8. The number of hydrazone groups is 1. The number of aromatic nitrogens is 1. The summed E-state index contributed by atoms with van der Waals surface area (Å²) in [6, 6.07) is 4.15. The number of carbonyl (C=O) groups is 1. The normalized spacial score (nSPS) is 15.5. The van der Waals surface area contributed by atoms with Crippen molar-refractivity contribution in [2.45, 2.75) is 19.0 Å². The number of piperidine rings is 1. The zero-order chi connectivity index (χ0) is 22.8. The molecule has 1 amide bonds. The average Bonchev–Trinajstić information content (AvgIpc) is 2.71. The molecule has 31 heavy (non-hydrogen) atoms. The molecule has 0 saturated carbocycles. The largest absolute Gasteiger partial charge is 0.506 e. The van der Waals surface area contributed by atoms with Gasteiger partial charge in [-0.3, -0.25) is 4.79 Å². The van der Waals surface area contributed by atoms with E-state index in [9.17, 15) is 23.1 Å². The van der Waals surface area contributed by atoms with Crippen LogP contribution in [0.4, 0.5) is 19.0 Å². The van der Waals surface area contributed by atoms with Crippen molar-refractivity contribution in [1.29, 1.82) is 0 Å². The van der Waals surface area contributed by atoms with Gasteiger partial charge in [0.1, 0.15) is 11.6 Å². The third-order valence-electron chi connectivity index (χ3n) is 4.74. The van der Waals surface area contributed by atoms with E-state index in [4.69, 9.17) is 11.6 Å². The Bertz CT molecular complexity index is 989. The summed E-state index contributed by atoms with van der Waals surface area (Å²) in [4.78, 5) is 18.0. The maximum atomic E-state index is 12.8. The van der Waals surface area contributed by atoms with Crippen molar-refractivity contribution >= 4 is 61.4 Å². The Hall–Kier alpha value is -1.85. The van der Waals surface area contributed by atoms with Gasteiger partial charge in [-0.1, -0.05) is 11.6 Å². The molecule has 1 aliphatic rings. The van der Waals surface area contributed by atoms with Crippen LogP contribution in [-0.4, -0.2) is 35.3 Å². The number of halogens is 6. The minimum Gasteiger partial charge on any atom is -0.506 e. The van der Waals surface area contributed by atoms with Gasteiger partial charge in [-0.05, 0) is 68.5 Å². The summed E-state index contributed by atoms with van der Waals surface area (Å²) in [5, 5.41) is 13.6. The molecule has 12 heteroatoms. The predicted octanol–water partition coefficient (Wildman–Crippen LogP) is 5.35. The third kappa shape index (κ3) is 5.89. The summed E-state index contributed by atoms with van der Waals surface area (Å²) in [5.74, 6) is -0.204. The highest BCUT2D eigenvalue weighted by Crippen LogP contribution is 2.35. The quantitative estimate of drug-likeness (QED) is 0.375. The molecule has 1 aromatic heterocycles. The number of nitrogens with zero attached hydrogens (tertiary/aromatic N) is 3. The number of pyridine rings is 1. The van der Waals surface area contributed by atoms with Crippen LogP contribution in [0.2, 0.25) is 5.02 Å². The van der Waals surface area contributed by atoms with Gasteiger partial charge in [0.15, 0.2) is 0 Å². The van der Waals surface area contributed by atoms with Gasteiger partial charge in [0.2, 0.25) is 5.91 Å². The lowest BCUT2D eigenvalue weighted by atomic mass is 9.96. The van der Waals surface area contributed by atoms with E-state index in [1.54, 1.807) is 17.0 Å². The number of benzene rings is 1. The van der Waals surface area contributed by atoms with Gasteiger partial charge in [0.05, 0.1) is 25.7 Å². The van der Waals surface area contributed by atoms with Crippen LogP contribution in [0.5, 0.6) is 5.75 Å². The van der Waals surface area contributed by atoms with E-state index in [-0.39, 0.29) is 28.4 Å². The summed E-state index contributed by atoms with van der Waals surface area (Å²) in [7, 11) is 0. The Kier molecular flexibility index (Phi) is 7.48. The number of phenols is 1. The van der Waals surface area contributed by atoms with Gasteiger partial charge in [0.25, 0.3) is 0 Å². The molecule has 1 aromatic carbocycles. The highest BCUT2D eigenvalue weighted by atomic mass is 79.9. The zero-order valence-electron chi connectivity index (χ0n) is 15.8. The molecule has 0 bridgehead atoms. The first-order valence-electron chi connectivity index (χ1n) is 9.05. The SMILES string of the molecule is O=C(NN=Cc1cc(Br)c(O)c(Br)c1)C1CCN(c2ncc(C(F)(F)F)cc2Cl)CC1. The lowest BCUT2D eigenvalue weighted by Gasteiger charge is -2.32. The molecule has 1 fully saturated rings. The van der Waals surface area contributed by atoms with Crippen molar-refractivity contribution in [2.24, 2.45) is 11.0 Å². The maximum Gasteiger partial charge on any atom is 0.417 e. The molecule has 6 nitrogen and oxygen atoms in total. The van der Waals surface area contributed by atoms with Crippen LogP contribution in [0, 0.1) is 5.92 Å². The topological polar surface area (TPSA) is 77.8 Å². The van der Waals surface area contributed by atoms with E-state index >= 15 is 0 Å². The molecule has 1 saturated heterocycles. The number of hydrogen-bond acceptors (Lipinski definition) is 5. The van der Waals surface area contributed by atoms with Crippen LogP contribution >= 0.6 is 43.5 Å². The Morgan fingerprint density at radius 2 is 1.87 bits per heavy atom. The Morgan fingerprint density at radius 1 is 1.26 bits per heavy atom. The summed E-state index contributed by atoms with van der Waals surface area (Å²) in [5.41, 5.74) is 2.26. The molecule has 2 N–H and O–H groups in total.